The number of amides is 1. The van der Waals surface area contributed by atoms with Crippen molar-refractivity contribution in [1.29, 1.82) is 0 Å². The number of nitro benzene ring substituents is 1. The first kappa shape index (κ1) is 22.6. The average Bonchev–Trinajstić information content (AvgIpc) is 3.12. The summed E-state index contributed by atoms with van der Waals surface area (Å²) in [5, 5.41) is 21.6. The highest BCUT2D eigenvalue weighted by Gasteiger charge is 2.25. The molecule has 0 aliphatic carbocycles. The van der Waals surface area contributed by atoms with Gasteiger partial charge in [-0.05, 0) is 41.6 Å². The Morgan fingerprint density at radius 1 is 1.28 bits per heavy atom. The second-order valence-corrected chi connectivity index (χ2v) is 7.17. The number of hydrogen-bond acceptors (Lipinski definition) is 9. The molecule has 1 fully saturated rings. The van der Waals surface area contributed by atoms with Gasteiger partial charge in [0.25, 0.3) is 5.91 Å². The molecule has 1 aliphatic rings. The van der Waals surface area contributed by atoms with Crippen molar-refractivity contribution in [3.63, 3.8) is 0 Å². The summed E-state index contributed by atoms with van der Waals surface area (Å²) < 4.78 is 22.9. The molecule has 32 heavy (non-hydrogen) atoms. The van der Waals surface area contributed by atoms with E-state index in [9.17, 15) is 24.1 Å². The smallest absolute Gasteiger partial charge is 0.331 e. The maximum absolute atomic E-state index is 13.0. The summed E-state index contributed by atoms with van der Waals surface area (Å²) in [6, 6.07) is 9.80. The molecule has 3 rings (SSSR count). The highest BCUT2D eigenvalue weighted by Crippen LogP contribution is 2.28. The Hall–Kier alpha value is -4.06. The Bertz CT molecular complexity index is 1150. The van der Waals surface area contributed by atoms with Crippen molar-refractivity contribution in [1.82, 2.24) is 5.32 Å². The number of amidine groups is 1. The van der Waals surface area contributed by atoms with Crippen molar-refractivity contribution < 1.29 is 28.4 Å². The summed E-state index contributed by atoms with van der Waals surface area (Å²) >= 11 is 0.898. The predicted molar refractivity (Wildman–Crippen MR) is 115 cm³/mol. The van der Waals surface area contributed by atoms with Gasteiger partial charge in [0.05, 0.1) is 23.2 Å². The van der Waals surface area contributed by atoms with E-state index < -0.39 is 22.6 Å². The number of methoxy groups -OCH3 is 1. The number of carbonyl (C=O) groups is 2. The Kier molecular flexibility index (Phi) is 7.29. The van der Waals surface area contributed by atoms with Crippen LogP contribution in [-0.4, -0.2) is 35.3 Å². The fourth-order valence-electron chi connectivity index (χ4n) is 2.41. The maximum atomic E-state index is 13.0. The molecule has 1 N–H and O–H groups in total. The van der Waals surface area contributed by atoms with Gasteiger partial charge in [-0.15, -0.1) is 5.10 Å². The van der Waals surface area contributed by atoms with Gasteiger partial charge in [-0.1, -0.05) is 12.1 Å². The summed E-state index contributed by atoms with van der Waals surface area (Å²) in [4.78, 5) is 33.9. The standard InChI is InChI=1S/C20H15FN4O6S/c1-30-18(26)9-17-19(27)23-20(32-17)24-22-10-13-4-7-16(15(8-13)25(28)29)31-11-12-2-5-14(21)6-3-12/h2-10H,11H2,1H3,(H,23,24,27)/b17-9+,22-10?. The lowest BCUT2D eigenvalue weighted by atomic mass is 10.2. The van der Waals surface area contributed by atoms with E-state index in [1.165, 1.54) is 49.7 Å². The molecule has 0 atom stereocenters. The first-order chi connectivity index (χ1) is 15.4. The third kappa shape index (κ3) is 5.98. The van der Waals surface area contributed by atoms with Crippen LogP contribution in [0.4, 0.5) is 10.1 Å². The molecular weight excluding hydrogens is 443 g/mol. The zero-order chi connectivity index (χ0) is 23.1. The van der Waals surface area contributed by atoms with Crippen LogP contribution in [0.3, 0.4) is 0 Å². The van der Waals surface area contributed by atoms with Crippen molar-refractivity contribution in [3.8, 4) is 5.75 Å². The number of nitro groups is 1. The van der Waals surface area contributed by atoms with Gasteiger partial charge in [-0.3, -0.25) is 20.2 Å². The molecule has 1 heterocycles. The molecule has 10 nitrogen and oxygen atoms in total. The summed E-state index contributed by atoms with van der Waals surface area (Å²) in [6.07, 6.45) is 2.29. The van der Waals surface area contributed by atoms with Crippen LogP contribution in [0.2, 0.25) is 0 Å². The van der Waals surface area contributed by atoms with Gasteiger partial charge in [0.2, 0.25) is 0 Å². The summed E-state index contributed by atoms with van der Waals surface area (Å²) in [7, 11) is 1.19. The van der Waals surface area contributed by atoms with E-state index in [-0.39, 0.29) is 28.1 Å². The number of esters is 1. The second kappa shape index (κ2) is 10.3. The van der Waals surface area contributed by atoms with E-state index in [1.807, 2.05) is 0 Å². The topological polar surface area (TPSA) is 132 Å². The number of rotatable bonds is 7. The monoisotopic (exact) mass is 458 g/mol. The van der Waals surface area contributed by atoms with Gasteiger partial charge in [0.1, 0.15) is 12.4 Å². The first-order valence-electron chi connectivity index (χ1n) is 8.91. The molecular formula is C20H15FN4O6S. The summed E-state index contributed by atoms with van der Waals surface area (Å²) in [5.74, 6) is -1.55. The lowest BCUT2D eigenvalue weighted by molar-refractivity contribution is -0.385. The third-order valence-electron chi connectivity index (χ3n) is 3.94. The number of halogens is 1. The number of thioether (sulfide) groups is 1. The second-order valence-electron chi connectivity index (χ2n) is 6.14. The number of nitrogens with zero attached hydrogens (tertiary/aromatic N) is 3. The van der Waals surface area contributed by atoms with Crippen LogP contribution in [0.1, 0.15) is 11.1 Å². The third-order valence-corrected chi connectivity index (χ3v) is 4.84. The van der Waals surface area contributed by atoms with Gasteiger partial charge in [-0.25, -0.2) is 9.18 Å². The number of ether oxygens (including phenoxy) is 2. The largest absolute Gasteiger partial charge is 0.482 e. The zero-order valence-corrected chi connectivity index (χ0v) is 17.3. The number of carbonyl (C=O) groups excluding carboxylic acids is 2. The normalized spacial score (nSPS) is 15.9. The fourth-order valence-corrected chi connectivity index (χ4v) is 3.15. The van der Waals surface area contributed by atoms with E-state index in [0.29, 0.717) is 11.1 Å². The molecule has 2 aromatic rings. The van der Waals surface area contributed by atoms with Crippen molar-refractivity contribution in [3.05, 3.63) is 80.5 Å². The van der Waals surface area contributed by atoms with Crippen LogP contribution in [0.15, 0.2) is 63.6 Å². The molecule has 0 saturated carbocycles. The van der Waals surface area contributed by atoms with E-state index in [4.69, 9.17) is 4.74 Å². The average molecular weight is 458 g/mol. The number of nitrogens with one attached hydrogen (secondary N) is 1. The minimum Gasteiger partial charge on any atom is -0.482 e. The SMILES string of the molecule is COC(=O)/C=C1/S/C(=N\N=Cc2ccc(OCc3ccc(F)cc3)c([N+](=O)[O-])c2)NC1=O. The van der Waals surface area contributed by atoms with Crippen LogP contribution >= 0.6 is 11.8 Å². The van der Waals surface area contributed by atoms with Gasteiger partial charge < -0.3 is 9.47 Å². The molecule has 0 bridgehead atoms. The van der Waals surface area contributed by atoms with Crippen molar-refractivity contribution >= 4 is 40.7 Å². The van der Waals surface area contributed by atoms with Crippen molar-refractivity contribution in [2.24, 2.45) is 10.2 Å². The maximum Gasteiger partial charge on any atom is 0.331 e. The molecule has 12 heteroatoms. The van der Waals surface area contributed by atoms with E-state index >= 15 is 0 Å². The summed E-state index contributed by atoms with van der Waals surface area (Å²) in [5.41, 5.74) is 0.740. The van der Waals surface area contributed by atoms with Gasteiger partial charge in [0, 0.05) is 17.7 Å². The van der Waals surface area contributed by atoms with Crippen molar-refractivity contribution in [2.75, 3.05) is 7.11 Å². The molecule has 0 radical (unpaired) electrons. The highest BCUT2D eigenvalue weighted by molar-refractivity contribution is 8.18. The van der Waals surface area contributed by atoms with Gasteiger partial charge in [-0.2, -0.15) is 5.10 Å². The van der Waals surface area contributed by atoms with Crippen LogP contribution in [-0.2, 0) is 20.9 Å². The predicted octanol–water partition coefficient (Wildman–Crippen LogP) is 2.92. The molecule has 2 aromatic carbocycles. The van der Waals surface area contributed by atoms with Crippen molar-refractivity contribution in [2.45, 2.75) is 6.61 Å². The quantitative estimate of drug-likeness (QED) is 0.222. The molecule has 164 valence electrons. The first-order valence-corrected chi connectivity index (χ1v) is 9.73. The molecule has 1 amide bonds. The Morgan fingerprint density at radius 2 is 2.03 bits per heavy atom. The van der Waals surface area contributed by atoms with Crippen LogP contribution in [0.25, 0.3) is 0 Å². The zero-order valence-electron chi connectivity index (χ0n) is 16.5. The molecule has 0 spiro atoms. The fraction of sp³-hybridized carbons (Fsp3) is 0.100. The van der Waals surface area contributed by atoms with Crippen LogP contribution in [0.5, 0.6) is 5.75 Å². The van der Waals surface area contributed by atoms with E-state index in [2.05, 4.69) is 20.3 Å². The molecule has 0 unspecified atom stereocenters. The lowest BCUT2D eigenvalue weighted by Gasteiger charge is -2.07. The Morgan fingerprint density at radius 3 is 2.72 bits per heavy atom. The Labute approximate surface area is 185 Å². The minimum atomic E-state index is -0.679. The van der Waals surface area contributed by atoms with Gasteiger partial charge >= 0.3 is 11.7 Å². The Balaban J connectivity index is 1.69. The number of benzene rings is 2. The summed E-state index contributed by atoms with van der Waals surface area (Å²) in [6.45, 7) is 0.0283. The van der Waals surface area contributed by atoms with Crippen LogP contribution in [0, 0.1) is 15.9 Å². The molecule has 1 aliphatic heterocycles. The van der Waals surface area contributed by atoms with Gasteiger partial charge in [0.15, 0.2) is 10.9 Å². The highest BCUT2D eigenvalue weighted by atomic mass is 32.2. The van der Waals surface area contributed by atoms with E-state index in [1.54, 1.807) is 6.07 Å². The minimum absolute atomic E-state index is 0.0283. The number of hydrogen-bond donors (Lipinski definition) is 1. The molecule has 0 aromatic heterocycles. The lowest BCUT2D eigenvalue weighted by Crippen LogP contribution is -2.19. The van der Waals surface area contributed by atoms with E-state index in [0.717, 1.165) is 17.8 Å². The van der Waals surface area contributed by atoms with Crippen LogP contribution < -0.4 is 10.1 Å². The molecule has 1 saturated heterocycles.